The molecule has 30 heavy (non-hydrogen) atoms. The smallest absolute Gasteiger partial charge is 0.748 e. The van der Waals surface area contributed by atoms with E-state index < -0.39 is 15.4 Å². The summed E-state index contributed by atoms with van der Waals surface area (Å²) in [4.78, 5) is 0. The van der Waals surface area contributed by atoms with Crippen LogP contribution in [0.2, 0.25) is 0 Å². The Morgan fingerprint density at radius 3 is 1.23 bits per heavy atom. The van der Waals surface area contributed by atoms with Crippen molar-refractivity contribution in [3.63, 3.8) is 0 Å². The molecule has 0 rings (SSSR count). The molecule has 0 saturated carbocycles. The van der Waals surface area contributed by atoms with Gasteiger partial charge in [0.1, 0.15) is 0 Å². The number of hydrogen-bond donors (Lipinski definition) is 1. The summed E-state index contributed by atoms with van der Waals surface area (Å²) in [5.41, 5.74) is 0. The van der Waals surface area contributed by atoms with Crippen molar-refractivity contribution in [3.8, 4) is 0 Å². The zero-order valence-corrected chi connectivity index (χ0v) is 24.3. The third-order valence-corrected chi connectivity index (χ3v) is 7.22. The molecule has 2 unspecified atom stereocenters. The minimum Gasteiger partial charge on any atom is -0.748 e. The van der Waals surface area contributed by atoms with Gasteiger partial charge in [-0.15, -0.1) is 0 Å². The fourth-order valence-corrected chi connectivity index (χ4v) is 4.90. The first-order chi connectivity index (χ1) is 13.9. The van der Waals surface area contributed by atoms with E-state index in [9.17, 15) is 18.1 Å². The molecule has 0 aliphatic heterocycles. The predicted octanol–water partition coefficient (Wildman–Crippen LogP) is 4.11. The second-order valence-corrected chi connectivity index (χ2v) is 10.6. The van der Waals surface area contributed by atoms with Crippen molar-refractivity contribution in [2.45, 2.75) is 154 Å². The molecule has 0 aliphatic rings. The molecule has 0 spiro atoms. The Labute approximate surface area is 230 Å². The van der Waals surface area contributed by atoms with Crippen molar-refractivity contribution >= 4 is 10.1 Å². The van der Waals surface area contributed by atoms with Gasteiger partial charge in [0, 0.05) is 5.25 Å². The van der Waals surface area contributed by atoms with Gasteiger partial charge in [0.15, 0.2) is 0 Å². The van der Waals surface area contributed by atoms with Crippen LogP contribution in [-0.4, -0.2) is 29.4 Å². The number of aliphatic hydroxyl groups excluding tert-OH is 1. The van der Waals surface area contributed by atoms with Gasteiger partial charge in [0.25, 0.3) is 0 Å². The maximum absolute atomic E-state index is 11.5. The van der Waals surface area contributed by atoms with Crippen molar-refractivity contribution in [2.24, 2.45) is 0 Å². The van der Waals surface area contributed by atoms with Gasteiger partial charge in [-0.2, -0.15) is 0 Å². The van der Waals surface area contributed by atoms with Gasteiger partial charge in [0.05, 0.1) is 16.2 Å². The fourth-order valence-electron chi connectivity index (χ4n) is 3.99. The number of aliphatic hydroxyl groups is 1. The maximum Gasteiger partial charge on any atom is 1.00 e. The number of rotatable bonds is 22. The Kier molecular flexibility index (Phi) is 26.6. The summed E-state index contributed by atoms with van der Waals surface area (Å²) in [6.45, 7) is 4.06. The summed E-state index contributed by atoms with van der Waals surface area (Å²) in [6, 6.07) is 0. The molecule has 0 heterocycles. The van der Waals surface area contributed by atoms with Crippen LogP contribution in [0.25, 0.3) is 0 Å². The van der Waals surface area contributed by atoms with E-state index in [2.05, 4.69) is 6.92 Å². The summed E-state index contributed by atoms with van der Waals surface area (Å²) in [5, 5.41) is 8.54. The minimum absolute atomic E-state index is 0. The molecule has 176 valence electrons. The summed E-state index contributed by atoms with van der Waals surface area (Å²) in [5.74, 6) is 0. The molecule has 2 atom stereocenters. The molecule has 0 aliphatic carbocycles. The Hall–Kier alpha value is 1.51. The summed E-state index contributed by atoms with van der Waals surface area (Å²) < 4.78 is 34.6. The molecule has 0 aromatic rings. The Morgan fingerprint density at radius 2 is 0.933 bits per heavy atom. The zero-order chi connectivity index (χ0) is 21.8. The first-order valence-electron chi connectivity index (χ1n) is 12.5. The first kappa shape index (κ1) is 33.7. The van der Waals surface area contributed by atoms with Crippen LogP contribution in [0.4, 0.5) is 0 Å². The van der Waals surface area contributed by atoms with Crippen LogP contribution in [0.5, 0.6) is 0 Å². The fraction of sp³-hybridized carbons (Fsp3) is 1.00. The molecule has 0 aromatic heterocycles. The van der Waals surface area contributed by atoms with Crippen molar-refractivity contribution in [1.29, 1.82) is 0 Å². The van der Waals surface area contributed by atoms with Gasteiger partial charge in [-0.05, 0) is 26.2 Å². The average Bonchev–Trinajstić information content (AvgIpc) is 2.65. The third kappa shape index (κ3) is 24.2. The minimum atomic E-state index is -4.16. The van der Waals surface area contributed by atoms with Crippen molar-refractivity contribution in [3.05, 3.63) is 0 Å². The summed E-state index contributed by atoms with van der Waals surface area (Å²) in [7, 11) is -4.16. The second kappa shape index (κ2) is 23.7. The average molecular weight is 473 g/mol. The van der Waals surface area contributed by atoms with Gasteiger partial charge in [-0.3, -0.25) is 0 Å². The van der Waals surface area contributed by atoms with Crippen LogP contribution in [0, 0.1) is 0 Å². The summed E-state index contributed by atoms with van der Waals surface area (Å²) in [6.07, 6.45) is 21.5. The molecule has 0 amide bonds. The van der Waals surface area contributed by atoms with Crippen LogP contribution in [0.1, 0.15) is 142 Å². The van der Waals surface area contributed by atoms with Gasteiger partial charge in [0.2, 0.25) is 0 Å². The largest absolute Gasteiger partial charge is 1.00 e. The van der Waals surface area contributed by atoms with Crippen LogP contribution < -0.4 is 51.4 Å². The topological polar surface area (TPSA) is 77.4 Å². The number of unbranched alkanes of at least 4 members (excludes halogenated alkanes) is 15. The Bertz CT molecular complexity index is 440. The van der Waals surface area contributed by atoms with Crippen LogP contribution in [0.15, 0.2) is 0 Å². The van der Waals surface area contributed by atoms with Crippen LogP contribution >= 0.6 is 0 Å². The van der Waals surface area contributed by atoms with Crippen LogP contribution in [0.3, 0.4) is 0 Å². The van der Waals surface area contributed by atoms with Crippen LogP contribution in [-0.2, 0) is 10.1 Å². The second-order valence-electron chi connectivity index (χ2n) is 8.99. The Balaban J connectivity index is 0. The van der Waals surface area contributed by atoms with E-state index >= 15 is 0 Å². The molecule has 0 bridgehead atoms. The van der Waals surface area contributed by atoms with Crippen molar-refractivity contribution in [1.82, 2.24) is 0 Å². The normalized spacial score (nSPS) is 13.7. The molecule has 4 nitrogen and oxygen atoms in total. The molecule has 0 aromatic carbocycles. The van der Waals surface area contributed by atoms with E-state index in [0.717, 1.165) is 51.4 Å². The molecule has 0 saturated heterocycles. The van der Waals surface area contributed by atoms with Gasteiger partial charge in [-0.25, -0.2) is 8.42 Å². The number of hydrogen-bond acceptors (Lipinski definition) is 4. The molecular formula is C24H49KO4S. The molecular weight excluding hydrogens is 423 g/mol. The van der Waals surface area contributed by atoms with Crippen molar-refractivity contribution in [2.75, 3.05) is 0 Å². The third-order valence-electron chi connectivity index (χ3n) is 5.94. The zero-order valence-electron chi connectivity index (χ0n) is 20.4. The van der Waals surface area contributed by atoms with E-state index in [1.165, 1.54) is 64.2 Å². The Morgan fingerprint density at radius 1 is 0.633 bits per heavy atom. The van der Waals surface area contributed by atoms with E-state index in [-0.39, 0.29) is 57.5 Å². The maximum atomic E-state index is 11.5. The SMILES string of the molecule is CCCCCCCCCCCC(CCCCCCCCCCC(C)O)S(=O)(=O)[O-].[K+]. The van der Waals surface area contributed by atoms with E-state index in [4.69, 9.17) is 0 Å². The molecule has 0 radical (unpaired) electrons. The van der Waals surface area contributed by atoms with E-state index in [1.807, 2.05) is 6.92 Å². The quantitative estimate of drug-likeness (QED) is 0.146. The van der Waals surface area contributed by atoms with E-state index in [0.29, 0.717) is 12.8 Å². The van der Waals surface area contributed by atoms with Crippen molar-refractivity contribution < 1.29 is 69.5 Å². The van der Waals surface area contributed by atoms with Gasteiger partial charge >= 0.3 is 51.4 Å². The molecule has 6 heteroatoms. The van der Waals surface area contributed by atoms with Gasteiger partial charge in [-0.1, -0.05) is 116 Å². The standard InChI is InChI=1S/C24H50O4S.K/c1-3-4-5-6-7-8-12-15-18-21-24(29(26,27)28)22-19-16-13-10-9-11-14-17-20-23(2)25;/h23-25H,3-22H2,1-2H3,(H,26,27,28);/q;+1/p-1. The molecule has 1 N–H and O–H groups in total. The summed E-state index contributed by atoms with van der Waals surface area (Å²) >= 11 is 0. The van der Waals surface area contributed by atoms with Gasteiger partial charge < -0.3 is 9.66 Å². The predicted molar refractivity (Wildman–Crippen MR) is 123 cm³/mol. The monoisotopic (exact) mass is 472 g/mol. The van der Waals surface area contributed by atoms with E-state index in [1.54, 1.807) is 0 Å². The molecule has 0 fully saturated rings. The first-order valence-corrected chi connectivity index (χ1v) is 14.0.